The molecule has 2 aromatic rings. The summed E-state index contributed by atoms with van der Waals surface area (Å²) in [6, 6.07) is 7.82. The van der Waals surface area contributed by atoms with Gasteiger partial charge in [-0.15, -0.1) is 0 Å². The van der Waals surface area contributed by atoms with Crippen LogP contribution in [0.3, 0.4) is 0 Å². The molecule has 0 saturated carbocycles. The normalized spacial score (nSPS) is 21.1. The van der Waals surface area contributed by atoms with Crippen molar-refractivity contribution in [3.05, 3.63) is 48.0 Å². The van der Waals surface area contributed by atoms with Crippen LogP contribution in [0, 0.1) is 11.7 Å². The van der Waals surface area contributed by atoms with E-state index in [4.69, 9.17) is 9.47 Å². The van der Waals surface area contributed by atoms with Crippen LogP contribution in [0.25, 0.3) is 0 Å². The number of rotatable bonds is 6. The lowest BCUT2D eigenvalue weighted by Crippen LogP contribution is -2.38. The quantitative estimate of drug-likeness (QED) is 0.870. The first-order valence-corrected chi connectivity index (χ1v) is 8.34. The zero-order valence-corrected chi connectivity index (χ0v) is 14.3. The van der Waals surface area contributed by atoms with Gasteiger partial charge in [-0.2, -0.15) is 5.10 Å². The van der Waals surface area contributed by atoms with Crippen molar-refractivity contribution in [2.45, 2.75) is 25.6 Å². The molecule has 3 atom stereocenters. The fourth-order valence-electron chi connectivity index (χ4n) is 3.00. The standard InChI is InChI=1S/C18H22FN3O3/c1-12(25-14-5-3-4-13(19)10-14)11-20-18(23)15-7-9-24-17(15)16-6-8-21-22(16)2/h3-6,8,10,12,15,17H,7,9,11H2,1-2H3,(H,20,23)/t12-,15-,17-/m1/s1. The number of hydrogen-bond donors (Lipinski definition) is 1. The molecule has 25 heavy (non-hydrogen) atoms. The number of nitrogens with zero attached hydrogens (tertiary/aromatic N) is 2. The Morgan fingerprint density at radius 2 is 2.36 bits per heavy atom. The summed E-state index contributed by atoms with van der Waals surface area (Å²) < 4.78 is 26.3. The number of aryl methyl sites for hydroxylation is 1. The molecule has 7 heteroatoms. The van der Waals surface area contributed by atoms with Gasteiger partial charge in [0.25, 0.3) is 0 Å². The number of carbonyl (C=O) groups is 1. The topological polar surface area (TPSA) is 65.4 Å². The first-order valence-electron chi connectivity index (χ1n) is 8.34. The average Bonchev–Trinajstić information content (AvgIpc) is 3.21. The van der Waals surface area contributed by atoms with E-state index in [2.05, 4.69) is 10.4 Å². The Labute approximate surface area is 145 Å². The highest BCUT2D eigenvalue weighted by molar-refractivity contribution is 5.79. The molecule has 0 radical (unpaired) electrons. The number of nitrogens with one attached hydrogen (secondary N) is 1. The van der Waals surface area contributed by atoms with E-state index in [0.717, 1.165) is 5.69 Å². The monoisotopic (exact) mass is 347 g/mol. The molecular formula is C18H22FN3O3. The molecule has 1 aliphatic rings. The summed E-state index contributed by atoms with van der Waals surface area (Å²) >= 11 is 0. The average molecular weight is 347 g/mol. The number of halogens is 1. The molecule has 1 saturated heterocycles. The molecule has 1 fully saturated rings. The van der Waals surface area contributed by atoms with Crippen LogP contribution in [0.2, 0.25) is 0 Å². The Hall–Kier alpha value is -2.41. The van der Waals surface area contributed by atoms with Gasteiger partial charge in [0.05, 0.1) is 18.2 Å². The third-order valence-electron chi connectivity index (χ3n) is 4.28. The van der Waals surface area contributed by atoms with Gasteiger partial charge in [-0.3, -0.25) is 9.48 Å². The molecule has 0 bridgehead atoms. The highest BCUT2D eigenvalue weighted by Crippen LogP contribution is 2.34. The van der Waals surface area contributed by atoms with E-state index in [-0.39, 0.29) is 29.9 Å². The summed E-state index contributed by atoms with van der Waals surface area (Å²) in [4.78, 5) is 12.5. The van der Waals surface area contributed by atoms with Crippen molar-refractivity contribution >= 4 is 5.91 Å². The molecule has 6 nitrogen and oxygen atoms in total. The van der Waals surface area contributed by atoms with E-state index in [0.29, 0.717) is 25.3 Å². The summed E-state index contributed by atoms with van der Waals surface area (Å²) in [5.41, 5.74) is 0.890. The Bertz CT molecular complexity index is 734. The van der Waals surface area contributed by atoms with Gasteiger partial charge in [0, 0.05) is 25.9 Å². The number of aromatic nitrogens is 2. The van der Waals surface area contributed by atoms with E-state index in [1.165, 1.54) is 12.1 Å². The van der Waals surface area contributed by atoms with E-state index in [1.807, 2.05) is 20.0 Å². The fraction of sp³-hybridized carbons (Fsp3) is 0.444. The van der Waals surface area contributed by atoms with Crippen LogP contribution in [-0.2, 0) is 16.6 Å². The third-order valence-corrected chi connectivity index (χ3v) is 4.28. The molecule has 2 heterocycles. The second kappa shape index (κ2) is 7.65. The van der Waals surface area contributed by atoms with E-state index < -0.39 is 0 Å². The van der Waals surface area contributed by atoms with E-state index in [1.54, 1.807) is 23.0 Å². The zero-order chi connectivity index (χ0) is 17.8. The van der Waals surface area contributed by atoms with Crippen LogP contribution < -0.4 is 10.1 Å². The predicted molar refractivity (Wildman–Crippen MR) is 89.5 cm³/mol. The van der Waals surface area contributed by atoms with Gasteiger partial charge in [0.2, 0.25) is 5.91 Å². The molecule has 0 aliphatic carbocycles. The maximum Gasteiger partial charge on any atom is 0.226 e. The van der Waals surface area contributed by atoms with Gasteiger partial charge >= 0.3 is 0 Å². The second-order valence-corrected chi connectivity index (χ2v) is 6.20. The van der Waals surface area contributed by atoms with Crippen LogP contribution >= 0.6 is 0 Å². The lowest BCUT2D eigenvalue weighted by molar-refractivity contribution is -0.127. The summed E-state index contributed by atoms with van der Waals surface area (Å²) in [7, 11) is 1.83. The maximum absolute atomic E-state index is 13.2. The SMILES string of the molecule is C[C@H](CNC(=O)[C@@H]1CCO[C@H]1c1ccnn1C)Oc1cccc(F)c1. The van der Waals surface area contributed by atoms with Crippen molar-refractivity contribution < 1.29 is 18.7 Å². The van der Waals surface area contributed by atoms with Gasteiger partial charge in [-0.1, -0.05) is 6.07 Å². The minimum Gasteiger partial charge on any atom is -0.489 e. The summed E-state index contributed by atoms with van der Waals surface area (Å²) in [6.07, 6.45) is 1.80. The van der Waals surface area contributed by atoms with E-state index in [9.17, 15) is 9.18 Å². The predicted octanol–water partition coefficient (Wildman–Crippen LogP) is 2.22. The van der Waals surface area contributed by atoms with Crippen LogP contribution in [0.4, 0.5) is 4.39 Å². The summed E-state index contributed by atoms with van der Waals surface area (Å²) in [5.74, 6) is -0.232. The Balaban J connectivity index is 1.54. The third kappa shape index (κ3) is 4.17. The minimum atomic E-state index is -0.351. The largest absolute Gasteiger partial charge is 0.489 e. The molecule has 134 valence electrons. The van der Waals surface area contributed by atoms with Crippen LogP contribution in [-0.4, -0.2) is 34.9 Å². The van der Waals surface area contributed by atoms with Gasteiger partial charge < -0.3 is 14.8 Å². The van der Waals surface area contributed by atoms with Gasteiger partial charge in [-0.05, 0) is 31.5 Å². The molecule has 1 N–H and O–H groups in total. The van der Waals surface area contributed by atoms with Crippen LogP contribution in [0.15, 0.2) is 36.5 Å². The number of benzene rings is 1. The molecule has 0 unspecified atom stereocenters. The highest BCUT2D eigenvalue weighted by atomic mass is 19.1. The van der Waals surface area contributed by atoms with Crippen molar-refractivity contribution in [3.8, 4) is 5.75 Å². The molecule has 0 spiro atoms. The Morgan fingerprint density at radius 3 is 3.08 bits per heavy atom. The van der Waals surface area contributed by atoms with Crippen LogP contribution in [0.1, 0.15) is 25.1 Å². The smallest absolute Gasteiger partial charge is 0.226 e. The van der Waals surface area contributed by atoms with Crippen molar-refractivity contribution in [1.29, 1.82) is 0 Å². The van der Waals surface area contributed by atoms with Crippen molar-refractivity contribution in [2.75, 3.05) is 13.2 Å². The molecule has 1 aromatic carbocycles. The Morgan fingerprint density at radius 1 is 1.52 bits per heavy atom. The lowest BCUT2D eigenvalue weighted by Gasteiger charge is -2.20. The molecule has 1 amide bonds. The number of hydrogen-bond acceptors (Lipinski definition) is 4. The van der Waals surface area contributed by atoms with Gasteiger partial charge in [0.1, 0.15) is 23.8 Å². The number of amides is 1. The van der Waals surface area contributed by atoms with Gasteiger partial charge in [-0.25, -0.2) is 4.39 Å². The number of ether oxygens (including phenoxy) is 2. The number of carbonyl (C=O) groups excluding carboxylic acids is 1. The maximum atomic E-state index is 13.2. The van der Waals surface area contributed by atoms with Crippen molar-refractivity contribution in [1.82, 2.24) is 15.1 Å². The van der Waals surface area contributed by atoms with Gasteiger partial charge in [0.15, 0.2) is 0 Å². The molecule has 1 aromatic heterocycles. The summed E-state index contributed by atoms with van der Waals surface area (Å²) in [5, 5.41) is 7.04. The fourth-order valence-corrected chi connectivity index (χ4v) is 3.00. The molecule has 1 aliphatic heterocycles. The first kappa shape index (κ1) is 17.4. The molecular weight excluding hydrogens is 325 g/mol. The van der Waals surface area contributed by atoms with Crippen molar-refractivity contribution in [2.24, 2.45) is 13.0 Å². The van der Waals surface area contributed by atoms with Crippen molar-refractivity contribution in [3.63, 3.8) is 0 Å². The minimum absolute atomic E-state index is 0.0709. The zero-order valence-electron chi connectivity index (χ0n) is 14.3. The van der Waals surface area contributed by atoms with E-state index >= 15 is 0 Å². The first-order chi connectivity index (χ1) is 12.0. The second-order valence-electron chi connectivity index (χ2n) is 6.20. The van der Waals surface area contributed by atoms with Crippen LogP contribution in [0.5, 0.6) is 5.75 Å². The Kier molecular flexibility index (Phi) is 5.33. The molecule has 3 rings (SSSR count). The lowest BCUT2D eigenvalue weighted by atomic mass is 9.98. The summed E-state index contributed by atoms with van der Waals surface area (Å²) in [6.45, 7) is 2.71. The highest BCUT2D eigenvalue weighted by Gasteiger charge is 2.36.